The predicted molar refractivity (Wildman–Crippen MR) is 80.8 cm³/mol. The minimum absolute atomic E-state index is 0.112. The molecule has 20 heavy (non-hydrogen) atoms. The van der Waals surface area contributed by atoms with Crippen LogP contribution >= 0.6 is 15.9 Å². The molecule has 2 rings (SSSR count). The molecule has 0 saturated heterocycles. The average Bonchev–Trinajstić information content (AvgIpc) is 2.33. The van der Waals surface area contributed by atoms with Gasteiger partial charge in [0.25, 0.3) is 0 Å². The van der Waals surface area contributed by atoms with Crippen molar-refractivity contribution in [3.8, 4) is 0 Å². The molecule has 1 atom stereocenters. The summed E-state index contributed by atoms with van der Waals surface area (Å²) in [6, 6.07) is 6.15. The van der Waals surface area contributed by atoms with Crippen molar-refractivity contribution in [2.75, 3.05) is 13.2 Å². The maximum Gasteiger partial charge on any atom is 0.407 e. The number of rotatable bonds is 2. The van der Waals surface area contributed by atoms with Crippen LogP contribution in [0.25, 0.3) is 0 Å². The number of carbonyl (C=O) groups is 1. The molecule has 0 saturated carbocycles. The van der Waals surface area contributed by atoms with E-state index in [9.17, 15) is 4.79 Å². The minimum atomic E-state index is -0.486. The lowest BCUT2D eigenvalue weighted by Gasteiger charge is -2.27. The Bertz CT molecular complexity index is 496. The number of amides is 1. The second-order valence-electron chi connectivity index (χ2n) is 5.84. The van der Waals surface area contributed by atoms with Gasteiger partial charge in [0.1, 0.15) is 11.7 Å². The maximum atomic E-state index is 11.7. The van der Waals surface area contributed by atoms with E-state index >= 15 is 0 Å². The third kappa shape index (κ3) is 4.21. The Kier molecular flexibility index (Phi) is 4.70. The van der Waals surface area contributed by atoms with Crippen molar-refractivity contribution < 1.29 is 14.3 Å². The molecule has 1 unspecified atom stereocenters. The first kappa shape index (κ1) is 15.3. The predicted octanol–water partition coefficient (Wildman–Crippen LogP) is 3.59. The molecule has 0 spiro atoms. The van der Waals surface area contributed by atoms with Crippen molar-refractivity contribution in [3.63, 3.8) is 0 Å². The van der Waals surface area contributed by atoms with Gasteiger partial charge in [0.05, 0.1) is 13.2 Å². The van der Waals surface area contributed by atoms with Crippen LogP contribution in [0.5, 0.6) is 0 Å². The Morgan fingerprint density at radius 3 is 2.95 bits per heavy atom. The summed E-state index contributed by atoms with van der Waals surface area (Å²) < 4.78 is 12.0. The summed E-state index contributed by atoms with van der Waals surface area (Å²) >= 11 is 3.47. The summed E-state index contributed by atoms with van der Waals surface area (Å²) in [5.74, 6) is 0. The molecule has 0 aromatic heterocycles. The van der Waals surface area contributed by atoms with E-state index in [1.54, 1.807) is 0 Å². The van der Waals surface area contributed by atoms with Crippen LogP contribution in [-0.4, -0.2) is 24.8 Å². The van der Waals surface area contributed by atoms with Crippen molar-refractivity contribution >= 4 is 22.0 Å². The number of hydrogen-bond donors (Lipinski definition) is 1. The zero-order chi connectivity index (χ0) is 14.8. The van der Waals surface area contributed by atoms with E-state index in [1.165, 1.54) is 5.56 Å². The van der Waals surface area contributed by atoms with Crippen molar-refractivity contribution in [1.82, 2.24) is 5.32 Å². The van der Waals surface area contributed by atoms with E-state index in [-0.39, 0.29) is 6.10 Å². The van der Waals surface area contributed by atoms with Crippen LogP contribution < -0.4 is 5.32 Å². The van der Waals surface area contributed by atoms with E-state index < -0.39 is 11.7 Å². The summed E-state index contributed by atoms with van der Waals surface area (Å²) in [4.78, 5) is 11.7. The van der Waals surface area contributed by atoms with Crippen LogP contribution in [-0.2, 0) is 15.9 Å². The lowest BCUT2D eigenvalue weighted by molar-refractivity contribution is 0.0288. The molecule has 0 aliphatic carbocycles. The summed E-state index contributed by atoms with van der Waals surface area (Å²) in [6.07, 6.45) is 0.377. The highest BCUT2D eigenvalue weighted by Gasteiger charge is 2.23. The molecule has 4 nitrogen and oxygen atoms in total. The molecule has 5 heteroatoms. The third-order valence-electron chi connectivity index (χ3n) is 2.97. The van der Waals surface area contributed by atoms with Gasteiger partial charge in [-0.1, -0.05) is 22.0 Å². The Hall–Kier alpha value is -1.07. The quantitative estimate of drug-likeness (QED) is 0.894. The standard InChI is InChI=1S/C15H20BrNO3/c1-15(2,3)20-14(18)17-9-13-12-5-4-11(16)8-10(12)6-7-19-13/h4-5,8,13H,6-7,9H2,1-3H3,(H,17,18). The van der Waals surface area contributed by atoms with E-state index in [1.807, 2.05) is 32.9 Å². The SMILES string of the molecule is CC(C)(C)OC(=O)NCC1OCCc2cc(Br)ccc21. The van der Waals surface area contributed by atoms with Gasteiger partial charge in [-0.15, -0.1) is 0 Å². The Morgan fingerprint density at radius 2 is 2.25 bits per heavy atom. The van der Waals surface area contributed by atoms with Gasteiger partial charge in [0.2, 0.25) is 0 Å². The molecule has 1 aliphatic rings. The van der Waals surface area contributed by atoms with Crippen molar-refractivity contribution in [2.45, 2.75) is 38.9 Å². The van der Waals surface area contributed by atoms with Gasteiger partial charge in [-0.2, -0.15) is 0 Å². The number of carbonyl (C=O) groups excluding carboxylic acids is 1. The average molecular weight is 342 g/mol. The number of ether oxygens (including phenoxy) is 2. The topological polar surface area (TPSA) is 47.6 Å². The van der Waals surface area contributed by atoms with Crippen molar-refractivity contribution in [2.24, 2.45) is 0 Å². The van der Waals surface area contributed by atoms with Crippen LogP contribution in [0.4, 0.5) is 4.79 Å². The molecular formula is C15H20BrNO3. The summed E-state index contributed by atoms with van der Waals surface area (Å²) in [6.45, 7) is 6.62. The van der Waals surface area contributed by atoms with Crippen LogP contribution in [0.3, 0.4) is 0 Å². The highest BCUT2D eigenvalue weighted by molar-refractivity contribution is 9.10. The van der Waals surface area contributed by atoms with Gasteiger partial charge in [-0.3, -0.25) is 0 Å². The van der Waals surface area contributed by atoms with E-state index in [0.29, 0.717) is 13.2 Å². The first-order chi connectivity index (χ1) is 9.35. The molecule has 0 radical (unpaired) electrons. The summed E-state index contributed by atoms with van der Waals surface area (Å²) in [7, 11) is 0. The highest BCUT2D eigenvalue weighted by atomic mass is 79.9. The minimum Gasteiger partial charge on any atom is -0.444 e. The lowest BCUT2D eigenvalue weighted by Crippen LogP contribution is -2.36. The van der Waals surface area contributed by atoms with Crippen molar-refractivity contribution in [1.29, 1.82) is 0 Å². The number of hydrogen-bond acceptors (Lipinski definition) is 3. The maximum absolute atomic E-state index is 11.7. The van der Waals surface area contributed by atoms with E-state index in [4.69, 9.17) is 9.47 Å². The smallest absolute Gasteiger partial charge is 0.407 e. The van der Waals surface area contributed by atoms with Gasteiger partial charge in [-0.25, -0.2) is 4.79 Å². The molecular weight excluding hydrogens is 322 g/mol. The summed E-state index contributed by atoms with van der Waals surface area (Å²) in [5, 5.41) is 2.77. The first-order valence-electron chi connectivity index (χ1n) is 6.72. The number of benzene rings is 1. The fraction of sp³-hybridized carbons (Fsp3) is 0.533. The van der Waals surface area contributed by atoms with Crippen molar-refractivity contribution in [3.05, 3.63) is 33.8 Å². The molecule has 0 bridgehead atoms. The molecule has 1 aromatic rings. The molecule has 1 N–H and O–H groups in total. The normalized spacial score (nSPS) is 18.3. The zero-order valence-electron chi connectivity index (χ0n) is 12.0. The highest BCUT2D eigenvalue weighted by Crippen LogP contribution is 2.29. The van der Waals surface area contributed by atoms with Gasteiger partial charge in [-0.05, 0) is 50.5 Å². The van der Waals surface area contributed by atoms with Gasteiger partial charge in [0, 0.05) is 4.47 Å². The molecule has 1 aliphatic heterocycles. The Labute approximate surface area is 128 Å². The number of halogens is 1. The fourth-order valence-corrected chi connectivity index (χ4v) is 2.57. The van der Waals surface area contributed by atoms with Crippen LogP contribution in [0.2, 0.25) is 0 Å². The second-order valence-corrected chi connectivity index (χ2v) is 6.75. The van der Waals surface area contributed by atoms with Gasteiger partial charge in [0.15, 0.2) is 0 Å². The molecule has 110 valence electrons. The zero-order valence-corrected chi connectivity index (χ0v) is 13.6. The lowest BCUT2D eigenvalue weighted by atomic mass is 9.97. The number of nitrogens with one attached hydrogen (secondary N) is 1. The Morgan fingerprint density at radius 1 is 1.50 bits per heavy atom. The number of fused-ring (bicyclic) bond motifs is 1. The Balaban J connectivity index is 1.97. The van der Waals surface area contributed by atoms with E-state index in [0.717, 1.165) is 16.5 Å². The molecule has 1 aromatic carbocycles. The molecule has 1 heterocycles. The summed E-state index contributed by atoms with van der Waals surface area (Å²) in [5.41, 5.74) is 1.91. The van der Waals surface area contributed by atoms with Crippen LogP contribution in [0.1, 0.15) is 38.0 Å². The van der Waals surface area contributed by atoms with Gasteiger partial charge < -0.3 is 14.8 Å². The van der Waals surface area contributed by atoms with Crippen LogP contribution in [0, 0.1) is 0 Å². The molecule has 0 fully saturated rings. The largest absolute Gasteiger partial charge is 0.444 e. The second kappa shape index (κ2) is 6.14. The van der Waals surface area contributed by atoms with E-state index in [2.05, 4.69) is 27.3 Å². The fourth-order valence-electron chi connectivity index (χ4n) is 2.16. The third-order valence-corrected chi connectivity index (χ3v) is 3.47. The first-order valence-corrected chi connectivity index (χ1v) is 7.51. The van der Waals surface area contributed by atoms with Gasteiger partial charge >= 0.3 is 6.09 Å². The monoisotopic (exact) mass is 341 g/mol. The number of alkyl carbamates (subject to hydrolysis) is 1. The molecule has 1 amide bonds. The van der Waals surface area contributed by atoms with Crippen LogP contribution in [0.15, 0.2) is 22.7 Å².